The average Bonchev–Trinajstić information content (AvgIpc) is 2.71. The van der Waals surface area contributed by atoms with Crippen molar-refractivity contribution < 1.29 is 4.74 Å². The number of ether oxygens (including phenoxy) is 1. The van der Waals surface area contributed by atoms with Crippen molar-refractivity contribution in [3.05, 3.63) is 83.9 Å². The molecule has 1 aliphatic rings. The molecule has 4 rings (SSSR count). The molecule has 1 aliphatic heterocycles. The maximum atomic E-state index is 6.41. The summed E-state index contributed by atoms with van der Waals surface area (Å²) in [4.78, 5) is 0. The molecule has 26 heavy (non-hydrogen) atoms. The predicted molar refractivity (Wildman–Crippen MR) is 110 cm³/mol. The lowest BCUT2D eigenvalue weighted by Crippen LogP contribution is -2.12. The van der Waals surface area contributed by atoms with E-state index in [1.807, 2.05) is 0 Å². The molecule has 0 fully saturated rings. The molecule has 132 valence electrons. The van der Waals surface area contributed by atoms with E-state index >= 15 is 0 Å². The van der Waals surface area contributed by atoms with Crippen LogP contribution in [0.25, 0.3) is 16.3 Å². The highest BCUT2D eigenvalue weighted by atomic mass is 16.5. The molecule has 0 N–H and O–H groups in total. The van der Waals surface area contributed by atoms with Crippen LogP contribution in [0, 0.1) is 0 Å². The van der Waals surface area contributed by atoms with Gasteiger partial charge in [-0.05, 0) is 46.9 Å². The highest BCUT2D eigenvalue weighted by Crippen LogP contribution is 2.43. The van der Waals surface area contributed by atoms with E-state index in [1.165, 1.54) is 53.2 Å². The van der Waals surface area contributed by atoms with Gasteiger partial charge < -0.3 is 4.74 Å². The van der Waals surface area contributed by atoms with Crippen LogP contribution in [0.2, 0.25) is 0 Å². The van der Waals surface area contributed by atoms with Gasteiger partial charge in [0.2, 0.25) is 0 Å². The van der Waals surface area contributed by atoms with Crippen molar-refractivity contribution in [2.75, 3.05) is 0 Å². The molecule has 0 bridgehead atoms. The minimum atomic E-state index is 0.00559. The first-order valence-electron chi connectivity index (χ1n) is 9.81. The molecule has 1 heteroatoms. The Morgan fingerprint density at radius 2 is 1.62 bits per heavy atom. The van der Waals surface area contributed by atoms with E-state index in [9.17, 15) is 0 Å². The minimum Gasteiger partial charge on any atom is -0.481 e. The SMILES string of the molecule is CCCCCCC1=CC(c2ccccc2)Oc2ccc3ccccc3c21. The van der Waals surface area contributed by atoms with E-state index < -0.39 is 0 Å². The maximum Gasteiger partial charge on any atom is 0.143 e. The van der Waals surface area contributed by atoms with Crippen molar-refractivity contribution in [2.24, 2.45) is 0 Å². The van der Waals surface area contributed by atoms with Gasteiger partial charge in [-0.3, -0.25) is 0 Å². The Morgan fingerprint density at radius 3 is 2.46 bits per heavy atom. The molecule has 0 aromatic heterocycles. The first kappa shape index (κ1) is 16.9. The zero-order valence-corrected chi connectivity index (χ0v) is 15.4. The van der Waals surface area contributed by atoms with Crippen LogP contribution in [0.5, 0.6) is 5.75 Å². The summed E-state index contributed by atoms with van der Waals surface area (Å²) in [5, 5.41) is 2.59. The second-order valence-corrected chi connectivity index (χ2v) is 7.11. The van der Waals surface area contributed by atoms with Crippen LogP contribution in [0.1, 0.15) is 56.3 Å². The van der Waals surface area contributed by atoms with Crippen molar-refractivity contribution in [2.45, 2.75) is 45.1 Å². The number of hydrogen-bond donors (Lipinski definition) is 0. The fourth-order valence-corrected chi connectivity index (χ4v) is 3.88. The van der Waals surface area contributed by atoms with Gasteiger partial charge in [-0.2, -0.15) is 0 Å². The zero-order chi connectivity index (χ0) is 17.8. The molecule has 1 heterocycles. The van der Waals surface area contributed by atoms with Gasteiger partial charge in [0.1, 0.15) is 11.9 Å². The fraction of sp³-hybridized carbons (Fsp3) is 0.280. The molecule has 3 aromatic rings. The van der Waals surface area contributed by atoms with E-state index in [-0.39, 0.29) is 6.10 Å². The lowest BCUT2D eigenvalue weighted by atomic mass is 9.89. The Balaban J connectivity index is 1.75. The Kier molecular flexibility index (Phi) is 5.06. The summed E-state index contributed by atoms with van der Waals surface area (Å²) in [5.74, 6) is 1.02. The molecule has 0 saturated heterocycles. The fourth-order valence-electron chi connectivity index (χ4n) is 3.88. The highest BCUT2D eigenvalue weighted by molar-refractivity contribution is 5.97. The van der Waals surface area contributed by atoms with Gasteiger partial charge in [-0.25, -0.2) is 0 Å². The topological polar surface area (TPSA) is 9.23 Å². The molecule has 1 unspecified atom stereocenters. The van der Waals surface area contributed by atoms with Gasteiger partial charge in [-0.15, -0.1) is 0 Å². The number of benzene rings is 3. The standard InChI is InChI=1S/C25H26O/c1-2-3-4-6-14-21-18-24(20-12-7-5-8-13-20)26-23-17-16-19-11-9-10-15-22(19)25(21)23/h5,7-13,15-18,24H,2-4,6,14H2,1H3. The van der Waals surface area contributed by atoms with E-state index in [4.69, 9.17) is 4.74 Å². The summed E-state index contributed by atoms with van der Waals surface area (Å²) < 4.78 is 6.41. The van der Waals surface area contributed by atoms with Gasteiger partial charge in [0.05, 0.1) is 0 Å². The Bertz CT molecular complexity index is 908. The third kappa shape index (κ3) is 3.39. The largest absolute Gasteiger partial charge is 0.481 e. The molecule has 0 amide bonds. The lowest BCUT2D eigenvalue weighted by molar-refractivity contribution is 0.250. The summed E-state index contributed by atoms with van der Waals surface area (Å²) in [7, 11) is 0. The van der Waals surface area contributed by atoms with E-state index in [2.05, 4.69) is 79.7 Å². The van der Waals surface area contributed by atoms with Crippen molar-refractivity contribution in [3.63, 3.8) is 0 Å². The molecule has 0 spiro atoms. The molecule has 0 aliphatic carbocycles. The predicted octanol–water partition coefficient (Wildman–Crippen LogP) is 7.33. The maximum absolute atomic E-state index is 6.41. The van der Waals surface area contributed by atoms with Crippen LogP contribution in [0.3, 0.4) is 0 Å². The quantitative estimate of drug-likeness (QED) is 0.426. The van der Waals surface area contributed by atoms with Crippen LogP contribution in [0.4, 0.5) is 0 Å². The highest BCUT2D eigenvalue weighted by Gasteiger charge is 2.23. The molecule has 0 radical (unpaired) electrons. The average molecular weight is 342 g/mol. The second-order valence-electron chi connectivity index (χ2n) is 7.11. The zero-order valence-electron chi connectivity index (χ0n) is 15.4. The van der Waals surface area contributed by atoms with Crippen LogP contribution >= 0.6 is 0 Å². The van der Waals surface area contributed by atoms with Gasteiger partial charge in [-0.1, -0.05) is 86.8 Å². The number of fused-ring (bicyclic) bond motifs is 3. The molecule has 0 saturated carbocycles. The van der Waals surface area contributed by atoms with Crippen molar-refractivity contribution in [1.82, 2.24) is 0 Å². The summed E-state index contributed by atoms with van der Waals surface area (Å²) >= 11 is 0. The summed E-state index contributed by atoms with van der Waals surface area (Å²) in [5.41, 5.74) is 3.96. The van der Waals surface area contributed by atoms with E-state index in [0.29, 0.717) is 0 Å². The molecular formula is C25H26O. The Morgan fingerprint density at radius 1 is 0.808 bits per heavy atom. The van der Waals surface area contributed by atoms with Crippen molar-refractivity contribution in [3.8, 4) is 5.75 Å². The Labute approximate surface area is 156 Å². The smallest absolute Gasteiger partial charge is 0.143 e. The number of rotatable bonds is 6. The van der Waals surface area contributed by atoms with Crippen LogP contribution < -0.4 is 4.74 Å². The number of unbranched alkanes of at least 4 members (excludes halogenated alkanes) is 3. The normalized spacial score (nSPS) is 16.0. The second kappa shape index (κ2) is 7.78. The van der Waals surface area contributed by atoms with Crippen molar-refractivity contribution >= 4 is 16.3 Å². The number of allylic oxidation sites excluding steroid dienone is 1. The van der Waals surface area contributed by atoms with Crippen LogP contribution in [0.15, 0.2) is 72.8 Å². The van der Waals surface area contributed by atoms with Crippen LogP contribution in [-0.4, -0.2) is 0 Å². The van der Waals surface area contributed by atoms with Gasteiger partial charge in [0, 0.05) is 5.56 Å². The summed E-state index contributed by atoms with van der Waals surface area (Å²) in [6.07, 6.45) is 8.59. The monoisotopic (exact) mass is 342 g/mol. The van der Waals surface area contributed by atoms with Crippen LogP contribution in [-0.2, 0) is 0 Å². The summed E-state index contributed by atoms with van der Waals surface area (Å²) in [6.45, 7) is 2.27. The van der Waals surface area contributed by atoms with E-state index in [0.717, 1.165) is 12.2 Å². The third-order valence-corrected chi connectivity index (χ3v) is 5.25. The van der Waals surface area contributed by atoms with Gasteiger partial charge >= 0.3 is 0 Å². The van der Waals surface area contributed by atoms with E-state index in [1.54, 1.807) is 0 Å². The summed E-state index contributed by atoms with van der Waals surface area (Å²) in [6, 6.07) is 23.5. The first-order valence-corrected chi connectivity index (χ1v) is 9.81. The Hall–Kier alpha value is -2.54. The minimum absolute atomic E-state index is 0.00559. The molecule has 1 nitrogen and oxygen atoms in total. The molecule has 1 atom stereocenters. The van der Waals surface area contributed by atoms with Crippen molar-refractivity contribution in [1.29, 1.82) is 0 Å². The first-order chi connectivity index (χ1) is 12.9. The third-order valence-electron chi connectivity index (χ3n) is 5.25. The molecule has 3 aromatic carbocycles. The lowest BCUT2D eigenvalue weighted by Gasteiger charge is -2.27. The number of hydrogen-bond acceptors (Lipinski definition) is 1. The van der Waals surface area contributed by atoms with Gasteiger partial charge in [0.25, 0.3) is 0 Å². The van der Waals surface area contributed by atoms with Gasteiger partial charge in [0.15, 0.2) is 0 Å². The molecular weight excluding hydrogens is 316 g/mol.